The van der Waals surface area contributed by atoms with Crippen molar-refractivity contribution in [3.05, 3.63) is 53.2 Å². The molecule has 4 nitrogen and oxygen atoms in total. The number of nitrogens with zero attached hydrogens (tertiary/aromatic N) is 1. The summed E-state index contributed by atoms with van der Waals surface area (Å²) in [6, 6.07) is 10.2. The predicted octanol–water partition coefficient (Wildman–Crippen LogP) is 2.57. The van der Waals surface area contributed by atoms with Crippen molar-refractivity contribution in [2.75, 3.05) is 11.1 Å². The Kier molecular flexibility index (Phi) is 3.25. The van der Waals surface area contributed by atoms with Gasteiger partial charge in [-0.3, -0.25) is 4.79 Å². The van der Waals surface area contributed by atoms with Crippen LogP contribution in [0.3, 0.4) is 0 Å². The van der Waals surface area contributed by atoms with Crippen molar-refractivity contribution in [1.29, 1.82) is 0 Å². The largest absolute Gasteiger partial charge is 0.398 e. The van der Waals surface area contributed by atoms with Gasteiger partial charge in [-0.1, -0.05) is 23.7 Å². The minimum atomic E-state index is -0.332. The van der Waals surface area contributed by atoms with Crippen molar-refractivity contribution >= 4 is 29.0 Å². The quantitative estimate of drug-likeness (QED) is 0.802. The monoisotopic (exact) mass is 247 g/mol. The van der Waals surface area contributed by atoms with E-state index in [9.17, 15) is 4.79 Å². The highest BCUT2D eigenvalue weighted by molar-refractivity contribution is 6.36. The molecule has 0 fully saturated rings. The third-order valence-corrected chi connectivity index (χ3v) is 2.60. The number of nitrogen functional groups attached to an aromatic ring is 1. The minimum absolute atomic E-state index is 0.251. The lowest BCUT2D eigenvalue weighted by Gasteiger charge is -2.07. The van der Waals surface area contributed by atoms with Crippen LogP contribution in [-0.4, -0.2) is 10.9 Å². The fourth-order valence-electron chi connectivity index (χ4n) is 1.35. The maximum absolute atomic E-state index is 11.9. The maximum Gasteiger partial charge on any atom is 0.258 e. The Balaban J connectivity index is 2.24. The van der Waals surface area contributed by atoms with Gasteiger partial charge in [0.25, 0.3) is 5.91 Å². The Hall–Kier alpha value is -2.07. The van der Waals surface area contributed by atoms with E-state index in [-0.39, 0.29) is 10.9 Å². The Morgan fingerprint density at radius 3 is 2.76 bits per heavy atom. The molecule has 0 aliphatic rings. The molecule has 1 aromatic heterocycles. The average molecular weight is 248 g/mol. The van der Waals surface area contributed by atoms with E-state index in [1.807, 2.05) is 0 Å². The van der Waals surface area contributed by atoms with Gasteiger partial charge in [0.1, 0.15) is 5.82 Å². The van der Waals surface area contributed by atoms with Crippen molar-refractivity contribution in [2.45, 2.75) is 0 Å². The van der Waals surface area contributed by atoms with Crippen molar-refractivity contribution in [3.8, 4) is 0 Å². The molecule has 0 aliphatic heterocycles. The van der Waals surface area contributed by atoms with E-state index in [0.717, 1.165) is 0 Å². The van der Waals surface area contributed by atoms with E-state index in [1.54, 1.807) is 42.6 Å². The van der Waals surface area contributed by atoms with Crippen LogP contribution in [0, 0.1) is 0 Å². The van der Waals surface area contributed by atoms with Gasteiger partial charge in [-0.15, -0.1) is 0 Å². The first kappa shape index (κ1) is 11.4. The van der Waals surface area contributed by atoms with Gasteiger partial charge in [0.15, 0.2) is 0 Å². The molecular formula is C12H10ClN3O. The first-order valence-electron chi connectivity index (χ1n) is 4.95. The fraction of sp³-hybridized carbons (Fsp3) is 0. The van der Waals surface area contributed by atoms with E-state index in [4.69, 9.17) is 17.3 Å². The second-order valence-electron chi connectivity index (χ2n) is 3.38. The Morgan fingerprint density at radius 2 is 2.06 bits per heavy atom. The lowest BCUT2D eigenvalue weighted by atomic mass is 10.2. The summed E-state index contributed by atoms with van der Waals surface area (Å²) in [4.78, 5) is 15.9. The van der Waals surface area contributed by atoms with Crippen LogP contribution in [0.4, 0.5) is 11.5 Å². The van der Waals surface area contributed by atoms with E-state index in [1.165, 1.54) is 0 Å². The fourth-order valence-corrected chi connectivity index (χ4v) is 1.56. The molecule has 3 N–H and O–H groups in total. The van der Waals surface area contributed by atoms with Crippen LogP contribution in [0.15, 0.2) is 42.6 Å². The Labute approximate surface area is 103 Å². The topological polar surface area (TPSA) is 68.0 Å². The molecule has 86 valence electrons. The Morgan fingerprint density at radius 1 is 1.24 bits per heavy atom. The van der Waals surface area contributed by atoms with Gasteiger partial charge in [-0.25, -0.2) is 4.98 Å². The van der Waals surface area contributed by atoms with Gasteiger partial charge in [0.2, 0.25) is 0 Å². The van der Waals surface area contributed by atoms with Crippen LogP contribution < -0.4 is 11.1 Å². The highest BCUT2D eigenvalue weighted by Crippen LogP contribution is 2.23. The molecule has 0 spiro atoms. The molecule has 0 saturated carbocycles. The minimum Gasteiger partial charge on any atom is -0.398 e. The van der Waals surface area contributed by atoms with Crippen LogP contribution in [0.25, 0.3) is 0 Å². The third kappa shape index (κ3) is 2.54. The number of amides is 1. The normalized spacial score (nSPS) is 9.94. The number of aromatic nitrogens is 1. The molecule has 1 heterocycles. The number of benzene rings is 1. The number of anilines is 2. The molecule has 1 aromatic carbocycles. The molecule has 0 radical (unpaired) electrons. The van der Waals surface area contributed by atoms with Crippen LogP contribution in [0.5, 0.6) is 0 Å². The van der Waals surface area contributed by atoms with Crippen LogP contribution in [0.1, 0.15) is 10.4 Å². The molecule has 17 heavy (non-hydrogen) atoms. The van der Waals surface area contributed by atoms with Gasteiger partial charge in [-0.05, 0) is 24.3 Å². The van der Waals surface area contributed by atoms with E-state index >= 15 is 0 Å². The molecule has 5 heteroatoms. The van der Waals surface area contributed by atoms with Gasteiger partial charge >= 0.3 is 0 Å². The summed E-state index contributed by atoms with van der Waals surface area (Å²) < 4.78 is 0. The number of nitrogens with two attached hydrogens (primary N) is 1. The second kappa shape index (κ2) is 4.84. The molecule has 0 aliphatic carbocycles. The standard InChI is InChI=1S/C12H10ClN3O/c13-11-8(4-3-5-9(11)14)12(17)16-10-6-1-2-7-15-10/h1-7H,14H2,(H,15,16,17). The summed E-state index contributed by atoms with van der Waals surface area (Å²) in [5.41, 5.74) is 6.33. The van der Waals surface area contributed by atoms with Crippen molar-refractivity contribution in [3.63, 3.8) is 0 Å². The Bertz CT molecular complexity index is 543. The molecular weight excluding hydrogens is 238 g/mol. The average Bonchev–Trinajstić information content (AvgIpc) is 2.34. The van der Waals surface area contributed by atoms with Crippen LogP contribution >= 0.6 is 11.6 Å². The zero-order valence-corrected chi connectivity index (χ0v) is 9.61. The molecule has 0 unspecified atom stereocenters. The second-order valence-corrected chi connectivity index (χ2v) is 3.76. The third-order valence-electron chi connectivity index (χ3n) is 2.18. The summed E-state index contributed by atoms with van der Waals surface area (Å²) in [6.07, 6.45) is 1.59. The number of carbonyl (C=O) groups excluding carboxylic acids is 1. The smallest absolute Gasteiger partial charge is 0.258 e. The summed E-state index contributed by atoms with van der Waals surface area (Å²) in [5, 5.41) is 2.89. The number of nitrogens with one attached hydrogen (secondary N) is 1. The highest BCUT2D eigenvalue weighted by Gasteiger charge is 2.12. The molecule has 0 saturated heterocycles. The highest BCUT2D eigenvalue weighted by atomic mass is 35.5. The number of halogens is 1. The predicted molar refractivity (Wildman–Crippen MR) is 68.1 cm³/mol. The van der Waals surface area contributed by atoms with Gasteiger partial charge in [0, 0.05) is 6.20 Å². The SMILES string of the molecule is Nc1cccc(C(=O)Nc2ccccn2)c1Cl. The van der Waals surface area contributed by atoms with Crippen molar-refractivity contribution in [2.24, 2.45) is 0 Å². The van der Waals surface area contributed by atoms with Crippen LogP contribution in [-0.2, 0) is 0 Å². The maximum atomic E-state index is 11.9. The van der Waals surface area contributed by atoms with Crippen molar-refractivity contribution < 1.29 is 4.79 Å². The lowest BCUT2D eigenvalue weighted by molar-refractivity contribution is 0.102. The van der Waals surface area contributed by atoms with E-state index < -0.39 is 0 Å². The van der Waals surface area contributed by atoms with Gasteiger partial charge < -0.3 is 11.1 Å². The van der Waals surface area contributed by atoms with Gasteiger partial charge in [-0.2, -0.15) is 0 Å². The number of carbonyl (C=O) groups is 1. The molecule has 1 amide bonds. The summed E-state index contributed by atoms with van der Waals surface area (Å²) >= 11 is 5.95. The number of pyridine rings is 1. The molecule has 0 atom stereocenters. The molecule has 2 aromatic rings. The summed E-state index contributed by atoms with van der Waals surface area (Å²) in [5.74, 6) is 0.136. The number of rotatable bonds is 2. The van der Waals surface area contributed by atoms with E-state index in [0.29, 0.717) is 17.1 Å². The molecule has 2 rings (SSSR count). The van der Waals surface area contributed by atoms with Crippen LogP contribution in [0.2, 0.25) is 5.02 Å². The van der Waals surface area contributed by atoms with E-state index in [2.05, 4.69) is 10.3 Å². The zero-order valence-electron chi connectivity index (χ0n) is 8.85. The van der Waals surface area contributed by atoms with Gasteiger partial charge in [0.05, 0.1) is 16.3 Å². The lowest BCUT2D eigenvalue weighted by Crippen LogP contribution is -2.13. The number of hydrogen-bond acceptors (Lipinski definition) is 3. The first-order valence-corrected chi connectivity index (χ1v) is 5.32. The summed E-state index contributed by atoms with van der Waals surface area (Å²) in [6.45, 7) is 0. The molecule has 0 bridgehead atoms. The zero-order chi connectivity index (χ0) is 12.3. The summed E-state index contributed by atoms with van der Waals surface area (Å²) in [7, 11) is 0. The number of hydrogen-bond donors (Lipinski definition) is 2. The first-order chi connectivity index (χ1) is 8.18. The van der Waals surface area contributed by atoms with Crippen molar-refractivity contribution in [1.82, 2.24) is 4.98 Å².